The third kappa shape index (κ3) is 1.14. The summed E-state index contributed by atoms with van der Waals surface area (Å²) in [6, 6.07) is 5.49. The SMILES string of the molecule is CSc1ccc2c(c1)C(=O)C(=O)N2C. The number of rotatable bonds is 1. The van der Waals surface area contributed by atoms with E-state index in [1.165, 1.54) is 4.90 Å². The Kier molecular flexibility index (Phi) is 2.07. The summed E-state index contributed by atoms with van der Waals surface area (Å²) in [6.45, 7) is 0. The number of carbonyl (C=O) groups is 2. The first kappa shape index (κ1) is 9.27. The molecule has 0 N–H and O–H groups in total. The molecule has 1 aliphatic heterocycles. The molecule has 0 radical (unpaired) electrons. The van der Waals surface area contributed by atoms with Crippen molar-refractivity contribution in [1.29, 1.82) is 0 Å². The van der Waals surface area contributed by atoms with Crippen molar-refractivity contribution in [1.82, 2.24) is 0 Å². The van der Waals surface area contributed by atoms with Crippen molar-refractivity contribution in [3.63, 3.8) is 0 Å². The number of anilines is 1. The van der Waals surface area contributed by atoms with E-state index in [0.29, 0.717) is 11.3 Å². The highest BCUT2D eigenvalue weighted by atomic mass is 32.2. The van der Waals surface area contributed by atoms with Gasteiger partial charge in [-0.25, -0.2) is 0 Å². The van der Waals surface area contributed by atoms with Gasteiger partial charge in [0.1, 0.15) is 0 Å². The molecular formula is C10H9NO2S. The van der Waals surface area contributed by atoms with E-state index in [2.05, 4.69) is 0 Å². The van der Waals surface area contributed by atoms with Gasteiger partial charge in [0.2, 0.25) is 0 Å². The Hall–Kier alpha value is -1.29. The summed E-state index contributed by atoms with van der Waals surface area (Å²) >= 11 is 1.56. The average molecular weight is 207 g/mol. The quantitative estimate of drug-likeness (QED) is 0.518. The van der Waals surface area contributed by atoms with Gasteiger partial charge in [0.05, 0.1) is 11.3 Å². The van der Waals surface area contributed by atoms with Crippen molar-refractivity contribution >= 4 is 29.1 Å². The van der Waals surface area contributed by atoms with Gasteiger partial charge in [-0.3, -0.25) is 9.59 Å². The fraction of sp³-hybridized carbons (Fsp3) is 0.200. The van der Waals surface area contributed by atoms with Gasteiger partial charge in [0.25, 0.3) is 11.7 Å². The van der Waals surface area contributed by atoms with Crippen LogP contribution in [0.4, 0.5) is 5.69 Å². The summed E-state index contributed by atoms with van der Waals surface area (Å²) in [4.78, 5) is 25.2. The fourth-order valence-corrected chi connectivity index (χ4v) is 1.93. The van der Waals surface area contributed by atoms with Crippen LogP contribution in [0, 0.1) is 0 Å². The van der Waals surface area contributed by atoms with Gasteiger partial charge in [-0.15, -0.1) is 11.8 Å². The standard InChI is InChI=1S/C10H9NO2S/c1-11-8-4-3-6(14-2)5-7(8)9(12)10(11)13/h3-5H,1-2H3. The fourth-order valence-electron chi connectivity index (χ4n) is 1.49. The average Bonchev–Trinajstić information content (AvgIpc) is 2.44. The first-order valence-corrected chi connectivity index (χ1v) is 5.38. The number of hydrogen-bond donors (Lipinski definition) is 0. The van der Waals surface area contributed by atoms with Gasteiger partial charge in [-0.05, 0) is 24.5 Å². The summed E-state index contributed by atoms with van der Waals surface area (Å²) in [7, 11) is 1.62. The number of ketones is 1. The van der Waals surface area contributed by atoms with Crippen molar-refractivity contribution in [2.75, 3.05) is 18.2 Å². The van der Waals surface area contributed by atoms with Gasteiger partial charge in [-0.2, -0.15) is 0 Å². The Morgan fingerprint density at radius 3 is 2.64 bits per heavy atom. The van der Waals surface area contributed by atoms with Gasteiger partial charge in [-0.1, -0.05) is 0 Å². The molecule has 1 amide bonds. The summed E-state index contributed by atoms with van der Waals surface area (Å²) in [6.07, 6.45) is 1.94. The van der Waals surface area contributed by atoms with Gasteiger partial charge < -0.3 is 4.90 Å². The molecule has 0 unspecified atom stereocenters. The molecule has 1 aromatic carbocycles. The van der Waals surface area contributed by atoms with Crippen LogP contribution in [0.3, 0.4) is 0 Å². The molecule has 0 aliphatic carbocycles. The second kappa shape index (κ2) is 3.13. The minimum absolute atomic E-state index is 0.404. The van der Waals surface area contributed by atoms with Crippen molar-refractivity contribution in [2.45, 2.75) is 4.90 Å². The second-order valence-corrected chi connectivity index (χ2v) is 3.96. The van der Waals surface area contributed by atoms with Gasteiger partial charge in [0, 0.05) is 11.9 Å². The zero-order valence-electron chi connectivity index (χ0n) is 7.90. The molecule has 2 rings (SSSR count). The molecule has 0 atom stereocenters. The van der Waals surface area contributed by atoms with E-state index >= 15 is 0 Å². The van der Waals surface area contributed by atoms with Crippen molar-refractivity contribution < 1.29 is 9.59 Å². The molecular weight excluding hydrogens is 198 g/mol. The molecule has 0 bridgehead atoms. The van der Waals surface area contributed by atoms with E-state index in [-0.39, 0.29) is 0 Å². The molecule has 1 aliphatic rings. The maximum atomic E-state index is 11.5. The zero-order chi connectivity index (χ0) is 10.3. The smallest absolute Gasteiger partial charge is 0.299 e. The summed E-state index contributed by atoms with van der Waals surface area (Å²) in [5.74, 6) is -0.850. The molecule has 3 nitrogen and oxygen atoms in total. The lowest BCUT2D eigenvalue weighted by Crippen LogP contribution is -2.24. The Morgan fingerprint density at radius 2 is 2.00 bits per heavy atom. The lowest BCUT2D eigenvalue weighted by Gasteiger charge is -2.08. The highest BCUT2D eigenvalue weighted by Gasteiger charge is 2.33. The minimum atomic E-state index is -0.446. The lowest BCUT2D eigenvalue weighted by atomic mass is 10.1. The van der Waals surface area contributed by atoms with Crippen LogP contribution in [0.25, 0.3) is 0 Å². The third-order valence-electron chi connectivity index (χ3n) is 2.31. The Bertz CT molecular complexity index is 428. The zero-order valence-corrected chi connectivity index (χ0v) is 8.72. The van der Waals surface area contributed by atoms with Gasteiger partial charge in [0.15, 0.2) is 0 Å². The van der Waals surface area contributed by atoms with Crippen LogP contribution in [0.5, 0.6) is 0 Å². The van der Waals surface area contributed by atoms with E-state index in [9.17, 15) is 9.59 Å². The van der Waals surface area contributed by atoms with Crippen LogP contribution in [0.15, 0.2) is 23.1 Å². The summed E-state index contributed by atoms with van der Waals surface area (Å²) in [5, 5.41) is 0. The number of benzene rings is 1. The maximum Gasteiger partial charge on any atom is 0.299 e. The van der Waals surface area contributed by atoms with Crippen LogP contribution in [0.2, 0.25) is 0 Å². The van der Waals surface area contributed by atoms with Crippen LogP contribution in [-0.2, 0) is 4.79 Å². The van der Waals surface area contributed by atoms with Crippen LogP contribution in [0.1, 0.15) is 10.4 Å². The number of hydrogen-bond acceptors (Lipinski definition) is 3. The van der Waals surface area contributed by atoms with Gasteiger partial charge >= 0.3 is 0 Å². The summed E-state index contributed by atoms with van der Waals surface area (Å²) in [5.41, 5.74) is 1.22. The van der Waals surface area contributed by atoms with Crippen LogP contribution < -0.4 is 4.90 Å². The Morgan fingerprint density at radius 1 is 1.29 bits per heavy atom. The summed E-state index contributed by atoms with van der Waals surface area (Å²) < 4.78 is 0. The van der Waals surface area contributed by atoms with Crippen LogP contribution >= 0.6 is 11.8 Å². The second-order valence-electron chi connectivity index (χ2n) is 3.08. The number of likely N-dealkylation sites (N-methyl/N-ethyl adjacent to an activating group) is 1. The van der Waals surface area contributed by atoms with Crippen molar-refractivity contribution in [3.05, 3.63) is 23.8 Å². The first-order chi connectivity index (χ1) is 6.65. The molecule has 0 aromatic heterocycles. The predicted octanol–water partition coefficient (Wildman–Crippen LogP) is 1.57. The molecule has 14 heavy (non-hydrogen) atoms. The molecule has 1 aromatic rings. The topological polar surface area (TPSA) is 37.4 Å². The van der Waals surface area contributed by atoms with E-state index in [4.69, 9.17) is 0 Å². The monoisotopic (exact) mass is 207 g/mol. The normalized spacial score (nSPS) is 14.9. The van der Waals surface area contributed by atoms with E-state index < -0.39 is 11.7 Å². The molecule has 0 spiro atoms. The van der Waals surface area contributed by atoms with Crippen molar-refractivity contribution in [3.8, 4) is 0 Å². The largest absolute Gasteiger partial charge is 0.308 e. The van der Waals surface area contributed by atoms with Crippen molar-refractivity contribution in [2.24, 2.45) is 0 Å². The number of amides is 1. The molecule has 0 fully saturated rings. The molecule has 4 heteroatoms. The number of thioether (sulfide) groups is 1. The molecule has 72 valence electrons. The lowest BCUT2D eigenvalue weighted by molar-refractivity contribution is -0.114. The maximum absolute atomic E-state index is 11.5. The molecule has 1 heterocycles. The predicted molar refractivity (Wildman–Crippen MR) is 56.0 cm³/mol. The number of Topliss-reactive ketones (excluding diaryl/α,β-unsaturated/α-hetero) is 1. The van der Waals surface area contributed by atoms with E-state index in [0.717, 1.165) is 4.90 Å². The molecule has 0 saturated carbocycles. The number of fused-ring (bicyclic) bond motifs is 1. The Balaban J connectivity index is 2.59. The van der Waals surface area contributed by atoms with E-state index in [1.54, 1.807) is 24.9 Å². The minimum Gasteiger partial charge on any atom is -0.308 e. The highest BCUT2D eigenvalue weighted by molar-refractivity contribution is 7.98. The number of carbonyl (C=O) groups excluding carboxylic acids is 2. The number of nitrogens with zero attached hydrogens (tertiary/aromatic N) is 1. The van der Waals surface area contributed by atoms with Crippen LogP contribution in [-0.4, -0.2) is 25.0 Å². The van der Waals surface area contributed by atoms with E-state index in [1.807, 2.05) is 18.4 Å². The Labute approximate surface area is 86.1 Å². The first-order valence-electron chi connectivity index (χ1n) is 4.15. The molecule has 0 saturated heterocycles. The third-order valence-corrected chi connectivity index (χ3v) is 3.03. The highest BCUT2D eigenvalue weighted by Crippen LogP contribution is 2.30.